The number of hydrogen-bond donors (Lipinski definition) is 1. The van der Waals surface area contributed by atoms with Crippen molar-refractivity contribution in [3.05, 3.63) is 22.6 Å². The average molecular weight is 357 g/mol. The van der Waals surface area contributed by atoms with E-state index in [9.17, 15) is 5.26 Å². The molecule has 0 fully saturated rings. The van der Waals surface area contributed by atoms with Crippen LogP contribution >= 0.6 is 11.3 Å². The zero-order valence-electron chi connectivity index (χ0n) is 15.9. The first-order chi connectivity index (χ1) is 12.0. The second kappa shape index (κ2) is 8.87. The van der Waals surface area contributed by atoms with Gasteiger partial charge in [-0.25, -0.2) is 0 Å². The minimum atomic E-state index is 0.385. The van der Waals surface area contributed by atoms with Gasteiger partial charge in [0.1, 0.15) is 6.07 Å². The van der Waals surface area contributed by atoms with Gasteiger partial charge in [0.15, 0.2) is 0 Å². The molecule has 0 unspecified atom stereocenters. The smallest absolute Gasteiger partial charge is 0.101 e. The molecule has 25 heavy (non-hydrogen) atoms. The largest absolute Gasteiger partial charge is 0.377 e. The predicted molar refractivity (Wildman–Crippen MR) is 111 cm³/mol. The molecule has 0 aliphatic heterocycles. The van der Waals surface area contributed by atoms with Gasteiger partial charge in [0, 0.05) is 30.0 Å². The standard InChI is InChI=1S/C20H28N4S/c1-6-8-16(9-7-2)22-13-23-19-14(3)25-20-15(12-21)10-11-17(18(19)20)24(4)5/h10-11,13,16H,6-9H2,1-5H3,(H,22,23). The van der Waals surface area contributed by atoms with Crippen LogP contribution in [0.2, 0.25) is 0 Å². The van der Waals surface area contributed by atoms with E-state index in [0.717, 1.165) is 52.7 Å². The first kappa shape index (κ1) is 19.3. The van der Waals surface area contributed by atoms with Crippen molar-refractivity contribution in [3.8, 4) is 6.07 Å². The lowest BCUT2D eigenvalue weighted by Gasteiger charge is -2.16. The van der Waals surface area contributed by atoms with Crippen LogP contribution in [0, 0.1) is 18.3 Å². The third-order valence-corrected chi connectivity index (χ3v) is 5.47. The molecule has 2 aromatic rings. The molecule has 1 N–H and O–H groups in total. The van der Waals surface area contributed by atoms with Gasteiger partial charge in [0.05, 0.1) is 28.3 Å². The highest BCUT2D eigenvalue weighted by Gasteiger charge is 2.16. The number of benzene rings is 1. The normalized spacial score (nSPS) is 11.4. The highest BCUT2D eigenvalue weighted by molar-refractivity contribution is 7.20. The third-order valence-electron chi connectivity index (χ3n) is 4.33. The zero-order valence-corrected chi connectivity index (χ0v) is 16.7. The van der Waals surface area contributed by atoms with Crippen LogP contribution in [0.4, 0.5) is 11.4 Å². The van der Waals surface area contributed by atoms with E-state index in [4.69, 9.17) is 4.99 Å². The van der Waals surface area contributed by atoms with Gasteiger partial charge in [-0.2, -0.15) is 5.26 Å². The number of nitrogens with one attached hydrogen (secondary N) is 1. The van der Waals surface area contributed by atoms with E-state index in [1.54, 1.807) is 11.3 Å². The Kier molecular flexibility index (Phi) is 6.83. The van der Waals surface area contributed by atoms with Crippen molar-refractivity contribution in [2.45, 2.75) is 52.5 Å². The second-order valence-corrected chi connectivity index (χ2v) is 7.75. The summed E-state index contributed by atoms with van der Waals surface area (Å²) < 4.78 is 1.04. The van der Waals surface area contributed by atoms with Gasteiger partial charge in [-0.05, 0) is 31.9 Å². The Hall–Kier alpha value is -2.06. The van der Waals surface area contributed by atoms with Crippen LogP contribution in [0.3, 0.4) is 0 Å². The molecule has 0 saturated carbocycles. The molecule has 0 aliphatic rings. The molecule has 1 aromatic carbocycles. The number of aryl methyl sites for hydroxylation is 1. The van der Waals surface area contributed by atoms with Crippen molar-refractivity contribution in [2.24, 2.45) is 4.99 Å². The molecular formula is C20H28N4S. The summed E-state index contributed by atoms with van der Waals surface area (Å²) in [4.78, 5) is 8.00. The fourth-order valence-electron chi connectivity index (χ4n) is 3.10. The molecule has 0 radical (unpaired) electrons. The van der Waals surface area contributed by atoms with Crippen molar-refractivity contribution in [2.75, 3.05) is 24.3 Å². The van der Waals surface area contributed by atoms with Crippen LogP contribution in [-0.4, -0.2) is 26.5 Å². The van der Waals surface area contributed by atoms with Crippen LogP contribution < -0.4 is 10.2 Å². The van der Waals surface area contributed by atoms with E-state index in [-0.39, 0.29) is 0 Å². The Morgan fingerprint density at radius 1 is 1.28 bits per heavy atom. The van der Waals surface area contributed by atoms with Crippen molar-refractivity contribution in [1.82, 2.24) is 0 Å². The van der Waals surface area contributed by atoms with E-state index in [1.165, 1.54) is 4.88 Å². The molecular weight excluding hydrogens is 328 g/mol. The number of hydrogen-bond acceptors (Lipinski definition) is 4. The molecule has 4 nitrogen and oxygen atoms in total. The van der Waals surface area contributed by atoms with E-state index >= 15 is 0 Å². The molecule has 0 amide bonds. The van der Waals surface area contributed by atoms with Crippen LogP contribution in [0.15, 0.2) is 17.1 Å². The Bertz CT molecular complexity index is 777. The monoisotopic (exact) mass is 356 g/mol. The van der Waals surface area contributed by atoms with Gasteiger partial charge >= 0.3 is 0 Å². The number of thiophene rings is 1. The minimum Gasteiger partial charge on any atom is -0.377 e. The number of anilines is 2. The SMILES string of the molecule is CCCC(CCC)N=CNc1c(C)sc2c(C#N)ccc(N(C)C)c12. The quantitative estimate of drug-likeness (QED) is 0.498. The molecule has 2 rings (SSSR count). The maximum absolute atomic E-state index is 9.43. The summed E-state index contributed by atoms with van der Waals surface area (Å²) in [7, 11) is 4.06. The van der Waals surface area contributed by atoms with Crippen molar-refractivity contribution in [3.63, 3.8) is 0 Å². The van der Waals surface area contributed by atoms with Crippen molar-refractivity contribution >= 4 is 39.1 Å². The second-order valence-electron chi connectivity index (χ2n) is 6.53. The predicted octanol–water partition coefficient (Wildman–Crippen LogP) is 5.56. The Balaban J connectivity index is 2.41. The molecule has 134 valence electrons. The lowest BCUT2D eigenvalue weighted by atomic mass is 10.1. The van der Waals surface area contributed by atoms with E-state index < -0.39 is 0 Å². The fraction of sp³-hybridized carbons (Fsp3) is 0.500. The Labute approximate surface area is 155 Å². The van der Waals surface area contributed by atoms with Gasteiger partial charge in [0.25, 0.3) is 0 Å². The lowest BCUT2D eigenvalue weighted by Crippen LogP contribution is -2.10. The number of rotatable bonds is 8. The first-order valence-corrected chi connectivity index (χ1v) is 9.76. The summed E-state index contributed by atoms with van der Waals surface area (Å²) in [6, 6.07) is 6.63. The zero-order chi connectivity index (χ0) is 18.4. The highest BCUT2D eigenvalue weighted by atomic mass is 32.1. The van der Waals surface area contributed by atoms with Crippen LogP contribution in [0.25, 0.3) is 10.1 Å². The van der Waals surface area contributed by atoms with Gasteiger partial charge in [-0.3, -0.25) is 4.99 Å². The lowest BCUT2D eigenvalue weighted by molar-refractivity contribution is 0.558. The summed E-state index contributed by atoms with van der Waals surface area (Å²) >= 11 is 1.67. The highest BCUT2D eigenvalue weighted by Crippen LogP contribution is 2.42. The topological polar surface area (TPSA) is 51.4 Å². The summed E-state index contributed by atoms with van der Waals surface area (Å²) in [5.41, 5.74) is 2.91. The molecule has 0 bridgehead atoms. The van der Waals surface area contributed by atoms with Crippen molar-refractivity contribution in [1.29, 1.82) is 5.26 Å². The van der Waals surface area contributed by atoms with E-state index in [0.29, 0.717) is 6.04 Å². The number of nitrogens with zero attached hydrogens (tertiary/aromatic N) is 3. The van der Waals surface area contributed by atoms with Gasteiger partial charge in [-0.1, -0.05) is 26.7 Å². The third kappa shape index (κ3) is 4.32. The van der Waals surface area contributed by atoms with Crippen LogP contribution in [-0.2, 0) is 0 Å². The maximum Gasteiger partial charge on any atom is 0.101 e. The summed E-state index contributed by atoms with van der Waals surface area (Å²) in [6.45, 7) is 6.50. The molecule has 5 heteroatoms. The Morgan fingerprint density at radius 3 is 2.52 bits per heavy atom. The van der Waals surface area contributed by atoms with Crippen LogP contribution in [0.1, 0.15) is 50.0 Å². The average Bonchev–Trinajstić information content (AvgIpc) is 2.90. The molecule has 0 saturated heterocycles. The molecule has 0 atom stereocenters. The molecule has 0 aliphatic carbocycles. The molecule has 1 heterocycles. The fourth-order valence-corrected chi connectivity index (χ4v) is 4.20. The van der Waals surface area contributed by atoms with E-state index in [1.807, 2.05) is 32.6 Å². The number of fused-ring (bicyclic) bond motifs is 1. The summed E-state index contributed by atoms with van der Waals surface area (Å²) in [5, 5.41) is 14.0. The van der Waals surface area contributed by atoms with Crippen molar-refractivity contribution < 1.29 is 0 Å². The summed E-state index contributed by atoms with van der Waals surface area (Å²) in [6.07, 6.45) is 6.40. The molecule has 0 spiro atoms. The molecule has 1 aromatic heterocycles. The summed E-state index contributed by atoms with van der Waals surface area (Å²) in [5.74, 6) is 0. The minimum absolute atomic E-state index is 0.385. The van der Waals surface area contributed by atoms with Gasteiger partial charge in [0.2, 0.25) is 0 Å². The maximum atomic E-state index is 9.43. The van der Waals surface area contributed by atoms with Gasteiger partial charge < -0.3 is 10.2 Å². The van der Waals surface area contributed by atoms with E-state index in [2.05, 4.69) is 37.1 Å². The number of nitriles is 1. The Morgan fingerprint density at radius 2 is 1.96 bits per heavy atom. The number of aliphatic imine (C=N–C) groups is 1. The van der Waals surface area contributed by atoms with Gasteiger partial charge in [-0.15, -0.1) is 11.3 Å². The van der Waals surface area contributed by atoms with Crippen LogP contribution in [0.5, 0.6) is 0 Å². The first-order valence-electron chi connectivity index (χ1n) is 8.95.